The van der Waals surface area contributed by atoms with Crippen molar-refractivity contribution in [2.24, 2.45) is 0 Å². The molecule has 2 aromatic rings. The predicted octanol–water partition coefficient (Wildman–Crippen LogP) is 1.29. The lowest BCUT2D eigenvalue weighted by molar-refractivity contribution is 0.0682. The fourth-order valence-corrected chi connectivity index (χ4v) is 2.53. The average Bonchev–Trinajstić information content (AvgIpc) is 2.68. The fraction of sp³-hybridized carbons (Fsp3) is 0.500. The molecule has 0 radical (unpaired) electrons. The first-order chi connectivity index (χ1) is 9.66. The summed E-state index contributed by atoms with van der Waals surface area (Å²) in [5.74, 6) is -0.0702. The molecule has 1 fully saturated rings. The molecule has 1 aliphatic rings. The second-order valence-corrected chi connectivity index (χ2v) is 5.14. The van der Waals surface area contributed by atoms with Gasteiger partial charge in [-0.25, -0.2) is 9.97 Å². The van der Waals surface area contributed by atoms with Gasteiger partial charge in [0.2, 0.25) is 0 Å². The number of carbonyl (C=O) groups is 1. The van der Waals surface area contributed by atoms with E-state index < -0.39 is 0 Å². The summed E-state index contributed by atoms with van der Waals surface area (Å²) >= 11 is 0. The molecule has 2 aromatic heterocycles. The minimum atomic E-state index is -0.0702. The number of hydrogen-bond donors (Lipinski definition) is 0. The van der Waals surface area contributed by atoms with Crippen molar-refractivity contribution in [2.45, 2.75) is 26.3 Å². The van der Waals surface area contributed by atoms with E-state index in [0.29, 0.717) is 31.1 Å². The molecule has 0 spiro atoms. The van der Waals surface area contributed by atoms with E-state index in [0.717, 1.165) is 12.1 Å². The van der Waals surface area contributed by atoms with Crippen LogP contribution >= 0.6 is 0 Å². The smallest absolute Gasteiger partial charge is 0.276 e. The molecular formula is C14H18N4O2. The molecule has 1 aliphatic heterocycles. The molecule has 0 N–H and O–H groups in total. The number of hydrogen-bond acceptors (Lipinski definition) is 4. The zero-order chi connectivity index (χ0) is 14.1. The Morgan fingerprint density at radius 1 is 1.45 bits per heavy atom. The lowest BCUT2D eigenvalue weighted by atomic mass is 10.2. The topological polar surface area (TPSA) is 59.7 Å². The summed E-state index contributed by atoms with van der Waals surface area (Å²) in [6, 6.07) is 0.156. The van der Waals surface area contributed by atoms with Gasteiger partial charge in [-0.2, -0.15) is 0 Å². The van der Waals surface area contributed by atoms with Crippen LogP contribution in [0.1, 0.15) is 29.5 Å². The summed E-state index contributed by atoms with van der Waals surface area (Å²) in [6.45, 7) is 5.83. The third-order valence-electron chi connectivity index (χ3n) is 3.65. The molecule has 20 heavy (non-hydrogen) atoms. The Labute approximate surface area is 117 Å². The Morgan fingerprint density at radius 3 is 3.15 bits per heavy atom. The van der Waals surface area contributed by atoms with Gasteiger partial charge in [0.05, 0.1) is 12.3 Å². The summed E-state index contributed by atoms with van der Waals surface area (Å²) in [4.78, 5) is 23.2. The highest BCUT2D eigenvalue weighted by Gasteiger charge is 2.26. The first kappa shape index (κ1) is 13.1. The molecule has 0 saturated carbocycles. The van der Waals surface area contributed by atoms with Crippen molar-refractivity contribution in [3.63, 3.8) is 0 Å². The van der Waals surface area contributed by atoms with Crippen LogP contribution in [0.2, 0.25) is 0 Å². The van der Waals surface area contributed by atoms with Crippen LogP contribution in [0.5, 0.6) is 0 Å². The van der Waals surface area contributed by atoms with Crippen molar-refractivity contribution >= 4 is 11.6 Å². The third-order valence-corrected chi connectivity index (χ3v) is 3.65. The van der Waals surface area contributed by atoms with Gasteiger partial charge < -0.3 is 14.0 Å². The quantitative estimate of drug-likeness (QED) is 0.786. The lowest BCUT2D eigenvalue weighted by Gasteiger charge is -2.26. The molecule has 0 bridgehead atoms. The molecule has 106 valence electrons. The summed E-state index contributed by atoms with van der Waals surface area (Å²) in [5.41, 5.74) is 1.90. The van der Waals surface area contributed by atoms with Gasteiger partial charge in [-0.05, 0) is 20.3 Å². The van der Waals surface area contributed by atoms with Crippen molar-refractivity contribution in [3.8, 4) is 0 Å². The lowest BCUT2D eigenvalue weighted by Crippen LogP contribution is -2.40. The second kappa shape index (κ2) is 5.20. The van der Waals surface area contributed by atoms with Crippen LogP contribution in [0, 0.1) is 6.92 Å². The van der Waals surface area contributed by atoms with Crippen LogP contribution < -0.4 is 0 Å². The Kier molecular flexibility index (Phi) is 3.40. The Balaban J connectivity index is 1.99. The van der Waals surface area contributed by atoms with Crippen molar-refractivity contribution in [1.82, 2.24) is 19.3 Å². The highest BCUT2D eigenvalue weighted by atomic mass is 16.5. The number of imidazole rings is 1. The zero-order valence-electron chi connectivity index (χ0n) is 11.7. The third kappa shape index (κ3) is 2.27. The maximum absolute atomic E-state index is 12.7. The van der Waals surface area contributed by atoms with Gasteiger partial charge in [0.1, 0.15) is 0 Å². The van der Waals surface area contributed by atoms with Gasteiger partial charge in [0.15, 0.2) is 11.3 Å². The maximum Gasteiger partial charge on any atom is 0.276 e. The number of nitrogens with zero attached hydrogens (tertiary/aromatic N) is 4. The van der Waals surface area contributed by atoms with Crippen LogP contribution in [0.25, 0.3) is 5.65 Å². The van der Waals surface area contributed by atoms with Crippen molar-refractivity contribution in [3.05, 3.63) is 30.0 Å². The number of aromatic nitrogens is 3. The molecule has 1 amide bonds. The number of ether oxygens (including phenoxy) is 1. The zero-order valence-corrected chi connectivity index (χ0v) is 11.7. The summed E-state index contributed by atoms with van der Waals surface area (Å²) in [6.07, 6.45) is 6.19. The Morgan fingerprint density at radius 2 is 2.30 bits per heavy atom. The normalized spacial score (nSPS) is 20.1. The predicted molar refractivity (Wildman–Crippen MR) is 73.7 cm³/mol. The number of rotatable bonds is 1. The van der Waals surface area contributed by atoms with E-state index in [1.54, 1.807) is 12.4 Å². The van der Waals surface area contributed by atoms with E-state index in [4.69, 9.17) is 4.74 Å². The van der Waals surface area contributed by atoms with Gasteiger partial charge in [0.25, 0.3) is 5.91 Å². The number of carbonyl (C=O) groups excluding carboxylic acids is 1. The highest BCUT2D eigenvalue weighted by molar-refractivity contribution is 5.98. The van der Waals surface area contributed by atoms with E-state index in [1.807, 2.05) is 29.3 Å². The van der Waals surface area contributed by atoms with Crippen LogP contribution in [0.4, 0.5) is 0 Å². The van der Waals surface area contributed by atoms with Crippen LogP contribution in [-0.4, -0.2) is 51.0 Å². The molecule has 6 nitrogen and oxygen atoms in total. The summed E-state index contributed by atoms with van der Waals surface area (Å²) in [5, 5.41) is 0. The monoisotopic (exact) mass is 274 g/mol. The molecular weight excluding hydrogens is 256 g/mol. The molecule has 3 heterocycles. The van der Waals surface area contributed by atoms with Gasteiger partial charge in [-0.15, -0.1) is 0 Å². The molecule has 1 saturated heterocycles. The van der Waals surface area contributed by atoms with Crippen molar-refractivity contribution < 1.29 is 9.53 Å². The fourth-order valence-electron chi connectivity index (χ4n) is 2.53. The summed E-state index contributed by atoms with van der Waals surface area (Å²) in [7, 11) is 0. The highest BCUT2D eigenvalue weighted by Crippen LogP contribution is 2.15. The number of amides is 1. The van der Waals surface area contributed by atoms with E-state index in [-0.39, 0.29) is 11.9 Å². The first-order valence-corrected chi connectivity index (χ1v) is 6.86. The first-order valence-electron chi connectivity index (χ1n) is 6.86. The second-order valence-electron chi connectivity index (χ2n) is 5.14. The number of aryl methyl sites for hydroxylation is 1. The Hall–Kier alpha value is -1.95. The molecule has 0 aromatic carbocycles. The number of fused-ring (bicyclic) bond motifs is 1. The molecule has 6 heteroatoms. The molecule has 0 aliphatic carbocycles. The maximum atomic E-state index is 12.7. The Bertz CT molecular complexity index is 637. The van der Waals surface area contributed by atoms with Crippen LogP contribution in [-0.2, 0) is 4.74 Å². The SMILES string of the molecule is Cc1cn2ccnc(C(=O)N3CCOCCC3C)c2n1. The summed E-state index contributed by atoms with van der Waals surface area (Å²) < 4.78 is 7.28. The van der Waals surface area contributed by atoms with Crippen LogP contribution in [0.3, 0.4) is 0 Å². The van der Waals surface area contributed by atoms with Crippen molar-refractivity contribution in [2.75, 3.05) is 19.8 Å². The van der Waals surface area contributed by atoms with Gasteiger partial charge >= 0.3 is 0 Å². The molecule has 1 atom stereocenters. The minimum absolute atomic E-state index is 0.0702. The molecule has 3 rings (SSSR count). The van der Waals surface area contributed by atoms with E-state index >= 15 is 0 Å². The van der Waals surface area contributed by atoms with E-state index in [1.165, 1.54) is 0 Å². The van der Waals surface area contributed by atoms with Gasteiger partial charge in [-0.3, -0.25) is 4.79 Å². The van der Waals surface area contributed by atoms with E-state index in [9.17, 15) is 4.79 Å². The van der Waals surface area contributed by atoms with Gasteiger partial charge in [0, 0.05) is 37.8 Å². The van der Waals surface area contributed by atoms with Gasteiger partial charge in [-0.1, -0.05) is 0 Å². The minimum Gasteiger partial charge on any atom is -0.380 e. The van der Waals surface area contributed by atoms with Crippen LogP contribution in [0.15, 0.2) is 18.6 Å². The standard InChI is InChI=1S/C14H18N4O2/c1-10-9-17-5-4-15-12(13(17)16-10)14(19)18-6-8-20-7-3-11(18)2/h4-5,9,11H,3,6-8H2,1-2H3. The largest absolute Gasteiger partial charge is 0.380 e. The average molecular weight is 274 g/mol. The van der Waals surface area contributed by atoms with Crippen molar-refractivity contribution in [1.29, 1.82) is 0 Å². The van der Waals surface area contributed by atoms with E-state index in [2.05, 4.69) is 9.97 Å². The molecule has 1 unspecified atom stereocenters.